The lowest BCUT2D eigenvalue weighted by Gasteiger charge is -2.42. The number of aromatic nitrogens is 1. The first-order valence-electron chi connectivity index (χ1n) is 9.83. The number of aryl methyl sites for hydroxylation is 1. The number of amides is 2. The van der Waals surface area contributed by atoms with Gasteiger partial charge in [0.1, 0.15) is 0 Å². The normalized spacial score (nSPS) is 20.4. The van der Waals surface area contributed by atoms with Crippen molar-refractivity contribution in [3.63, 3.8) is 0 Å². The van der Waals surface area contributed by atoms with Crippen molar-refractivity contribution >= 4 is 17.5 Å². The topological polar surface area (TPSA) is 71.4 Å². The molecular weight excluding hydrogens is 354 g/mol. The first kappa shape index (κ1) is 18.5. The molecule has 28 heavy (non-hydrogen) atoms. The zero-order valence-corrected chi connectivity index (χ0v) is 16.1. The lowest BCUT2D eigenvalue weighted by Crippen LogP contribution is -2.49. The molecule has 0 radical (unpaired) electrons. The fourth-order valence-corrected chi connectivity index (χ4v) is 4.34. The van der Waals surface area contributed by atoms with Crippen LogP contribution in [0, 0.1) is 12.8 Å². The predicted molar refractivity (Wildman–Crippen MR) is 107 cm³/mol. The van der Waals surface area contributed by atoms with Crippen molar-refractivity contribution in [1.29, 1.82) is 0 Å². The average Bonchev–Trinajstić information content (AvgIpc) is 2.68. The number of pyridine rings is 1. The number of carbonyl (C=O) groups excluding carboxylic acids is 2. The van der Waals surface area contributed by atoms with Crippen molar-refractivity contribution in [2.75, 3.05) is 18.4 Å². The summed E-state index contributed by atoms with van der Waals surface area (Å²) in [6.07, 6.45) is 1.40. The summed E-state index contributed by atoms with van der Waals surface area (Å²) in [5, 5.41) is 2.84. The van der Waals surface area contributed by atoms with Crippen molar-refractivity contribution in [1.82, 2.24) is 9.47 Å². The summed E-state index contributed by atoms with van der Waals surface area (Å²) in [6, 6.07) is 13.0. The second kappa shape index (κ2) is 7.62. The van der Waals surface area contributed by atoms with E-state index in [1.54, 1.807) is 12.1 Å². The number of hydrogen-bond acceptors (Lipinski definition) is 3. The number of anilines is 1. The van der Waals surface area contributed by atoms with E-state index in [4.69, 9.17) is 0 Å². The van der Waals surface area contributed by atoms with E-state index in [2.05, 4.69) is 5.32 Å². The van der Waals surface area contributed by atoms with E-state index in [0.717, 1.165) is 23.4 Å². The van der Waals surface area contributed by atoms with Gasteiger partial charge in [0.05, 0.1) is 0 Å². The Kier molecular flexibility index (Phi) is 5.03. The Labute approximate surface area is 164 Å². The fraction of sp³-hybridized carbons (Fsp3) is 0.409. The van der Waals surface area contributed by atoms with Crippen molar-refractivity contribution in [3.05, 3.63) is 64.1 Å². The van der Waals surface area contributed by atoms with Crippen LogP contribution in [0.4, 0.5) is 5.69 Å². The van der Waals surface area contributed by atoms with Gasteiger partial charge in [-0.25, -0.2) is 0 Å². The summed E-state index contributed by atoms with van der Waals surface area (Å²) < 4.78 is 1.86. The zero-order valence-electron chi connectivity index (χ0n) is 16.1. The maximum Gasteiger partial charge on any atom is 0.250 e. The van der Waals surface area contributed by atoms with Gasteiger partial charge in [-0.05, 0) is 37.5 Å². The van der Waals surface area contributed by atoms with Gasteiger partial charge >= 0.3 is 0 Å². The molecule has 2 aliphatic rings. The van der Waals surface area contributed by atoms with Gasteiger partial charge in [-0.1, -0.05) is 23.8 Å². The number of fused-ring (bicyclic) bond motifs is 4. The second-order valence-corrected chi connectivity index (χ2v) is 7.91. The molecule has 1 N–H and O–H groups in total. The minimum absolute atomic E-state index is 0.0143. The zero-order chi connectivity index (χ0) is 19.7. The van der Waals surface area contributed by atoms with E-state index in [1.807, 2.05) is 46.7 Å². The number of benzene rings is 1. The lowest BCUT2D eigenvalue weighted by atomic mass is 9.83. The Hall–Kier alpha value is -2.89. The SMILES string of the molecule is Cc1ccc(NC(=O)CCC(=O)N2C[C@@H]3C[C@H](C2)c2cccc(=O)n2C3)cc1. The molecule has 6 nitrogen and oxygen atoms in total. The van der Waals surface area contributed by atoms with E-state index < -0.39 is 0 Å². The van der Waals surface area contributed by atoms with Gasteiger partial charge < -0.3 is 14.8 Å². The van der Waals surface area contributed by atoms with Gasteiger partial charge in [0.25, 0.3) is 5.56 Å². The van der Waals surface area contributed by atoms with E-state index in [0.29, 0.717) is 25.6 Å². The Bertz CT molecular complexity index is 948. The molecule has 0 spiro atoms. The monoisotopic (exact) mass is 379 g/mol. The molecule has 1 fully saturated rings. The highest BCUT2D eigenvalue weighted by Crippen LogP contribution is 2.35. The molecule has 2 bridgehead atoms. The average molecular weight is 379 g/mol. The van der Waals surface area contributed by atoms with Crippen molar-refractivity contribution < 1.29 is 9.59 Å². The van der Waals surface area contributed by atoms with E-state index >= 15 is 0 Å². The van der Waals surface area contributed by atoms with Gasteiger partial charge in [-0.15, -0.1) is 0 Å². The fourth-order valence-electron chi connectivity index (χ4n) is 4.34. The van der Waals surface area contributed by atoms with Gasteiger partial charge in [-0.3, -0.25) is 14.4 Å². The molecule has 2 amide bonds. The molecular formula is C22H25N3O3. The second-order valence-electron chi connectivity index (χ2n) is 7.91. The van der Waals surface area contributed by atoms with Gasteiger partial charge in [-0.2, -0.15) is 0 Å². The minimum atomic E-state index is -0.147. The molecule has 1 aromatic heterocycles. The highest BCUT2D eigenvalue weighted by atomic mass is 16.2. The number of nitrogens with one attached hydrogen (secondary N) is 1. The molecule has 2 atom stereocenters. The predicted octanol–water partition coefficient (Wildman–Crippen LogP) is 2.52. The van der Waals surface area contributed by atoms with Crippen molar-refractivity contribution in [2.45, 2.75) is 38.6 Å². The van der Waals surface area contributed by atoms with Crippen LogP contribution >= 0.6 is 0 Å². The lowest BCUT2D eigenvalue weighted by molar-refractivity contribution is -0.135. The number of nitrogens with zero attached hydrogens (tertiary/aromatic N) is 2. The highest BCUT2D eigenvalue weighted by Gasteiger charge is 2.36. The van der Waals surface area contributed by atoms with Crippen LogP contribution in [0.3, 0.4) is 0 Å². The maximum atomic E-state index is 12.7. The van der Waals surface area contributed by atoms with Gasteiger partial charge in [0.15, 0.2) is 0 Å². The number of carbonyl (C=O) groups is 2. The first-order valence-corrected chi connectivity index (χ1v) is 9.83. The molecule has 4 rings (SSSR count). The Morgan fingerprint density at radius 2 is 1.82 bits per heavy atom. The first-order chi connectivity index (χ1) is 13.5. The van der Waals surface area contributed by atoms with Crippen LogP contribution in [-0.2, 0) is 16.1 Å². The van der Waals surface area contributed by atoms with Crippen LogP contribution in [0.5, 0.6) is 0 Å². The Morgan fingerprint density at radius 1 is 1.04 bits per heavy atom. The van der Waals surface area contributed by atoms with Crippen LogP contribution in [0.1, 0.15) is 36.4 Å². The quantitative estimate of drug-likeness (QED) is 0.887. The van der Waals surface area contributed by atoms with Crippen molar-refractivity contribution in [2.24, 2.45) is 5.92 Å². The molecule has 1 saturated heterocycles. The van der Waals surface area contributed by atoms with Crippen LogP contribution in [0.15, 0.2) is 47.3 Å². The summed E-state index contributed by atoms with van der Waals surface area (Å²) in [4.78, 5) is 38.8. The van der Waals surface area contributed by atoms with Gasteiger partial charge in [0.2, 0.25) is 11.8 Å². The third-order valence-corrected chi connectivity index (χ3v) is 5.73. The number of likely N-dealkylation sites (tertiary alicyclic amines) is 1. The summed E-state index contributed by atoms with van der Waals surface area (Å²) in [7, 11) is 0. The van der Waals surface area contributed by atoms with Crippen LogP contribution in [0.25, 0.3) is 0 Å². The molecule has 6 heteroatoms. The van der Waals surface area contributed by atoms with Gasteiger partial charge in [0, 0.05) is 55.8 Å². The third-order valence-electron chi connectivity index (χ3n) is 5.73. The van der Waals surface area contributed by atoms with Crippen molar-refractivity contribution in [3.8, 4) is 0 Å². The van der Waals surface area contributed by atoms with E-state index in [9.17, 15) is 14.4 Å². The Morgan fingerprint density at radius 3 is 2.61 bits per heavy atom. The standard InChI is InChI=1S/C22H25N3O3/c1-15-5-7-18(8-6-15)23-20(26)9-10-21(27)24-12-16-11-17(14-24)19-3-2-4-22(28)25(19)13-16/h2-8,16-17H,9-14H2,1H3,(H,23,26)/t16-,17+/m0/s1. The summed E-state index contributed by atoms with van der Waals surface area (Å²) in [5.41, 5.74) is 2.95. The molecule has 0 saturated carbocycles. The number of rotatable bonds is 4. The summed E-state index contributed by atoms with van der Waals surface area (Å²) in [6.45, 7) is 3.95. The molecule has 3 heterocycles. The largest absolute Gasteiger partial charge is 0.342 e. The molecule has 2 aliphatic heterocycles. The number of hydrogen-bond donors (Lipinski definition) is 1. The van der Waals surface area contributed by atoms with Crippen LogP contribution in [-0.4, -0.2) is 34.4 Å². The van der Waals surface area contributed by atoms with Crippen LogP contribution < -0.4 is 10.9 Å². The van der Waals surface area contributed by atoms with Crippen LogP contribution in [0.2, 0.25) is 0 Å². The molecule has 1 aromatic carbocycles. The maximum absolute atomic E-state index is 12.7. The molecule has 0 unspecified atom stereocenters. The smallest absolute Gasteiger partial charge is 0.250 e. The van der Waals surface area contributed by atoms with E-state index in [1.165, 1.54) is 0 Å². The summed E-state index contributed by atoms with van der Waals surface area (Å²) in [5.74, 6) is 0.371. The molecule has 146 valence electrons. The molecule has 2 aromatic rings. The third kappa shape index (κ3) is 3.86. The Balaban J connectivity index is 1.34. The molecule has 0 aliphatic carbocycles. The summed E-state index contributed by atoms with van der Waals surface area (Å²) >= 11 is 0. The number of piperidine rings is 1. The minimum Gasteiger partial charge on any atom is -0.342 e. The van der Waals surface area contributed by atoms with E-state index in [-0.39, 0.29) is 36.1 Å². The highest BCUT2D eigenvalue weighted by molar-refractivity contribution is 5.93.